The van der Waals surface area contributed by atoms with E-state index in [-0.39, 0.29) is 35.7 Å². The Morgan fingerprint density at radius 3 is 2.55 bits per heavy atom. The Morgan fingerprint density at radius 1 is 1.10 bits per heavy atom. The quantitative estimate of drug-likeness (QED) is 0.288. The van der Waals surface area contributed by atoms with Crippen molar-refractivity contribution in [2.45, 2.75) is 20.0 Å². The molecule has 2 aromatic rings. The summed E-state index contributed by atoms with van der Waals surface area (Å²) >= 11 is 0. The summed E-state index contributed by atoms with van der Waals surface area (Å²) in [6.07, 6.45) is 0. The first-order chi connectivity index (χ1) is 13.5. The number of guanidine groups is 1. The number of likely N-dealkylation sites (N-methyl/N-ethyl adjacent to an activating group) is 1. The lowest BCUT2D eigenvalue weighted by atomic mass is 10.2. The molecule has 8 heteroatoms. The maximum atomic E-state index is 13.8. The molecule has 0 unspecified atom stereocenters. The Labute approximate surface area is 189 Å². The lowest BCUT2D eigenvalue weighted by Gasteiger charge is -2.12. The fourth-order valence-electron chi connectivity index (χ4n) is 2.57. The highest BCUT2D eigenvalue weighted by Gasteiger charge is 2.05. The van der Waals surface area contributed by atoms with Crippen LogP contribution in [0.4, 0.5) is 10.1 Å². The molecule has 0 aromatic heterocycles. The van der Waals surface area contributed by atoms with Gasteiger partial charge in [-0.2, -0.15) is 0 Å². The van der Waals surface area contributed by atoms with E-state index < -0.39 is 0 Å². The predicted molar refractivity (Wildman–Crippen MR) is 127 cm³/mol. The Hall–Kier alpha value is -2.20. The highest BCUT2D eigenvalue weighted by Crippen LogP contribution is 2.12. The largest absolute Gasteiger partial charge is 0.357 e. The van der Waals surface area contributed by atoms with Gasteiger partial charge in [0.1, 0.15) is 5.82 Å². The van der Waals surface area contributed by atoms with Gasteiger partial charge in [-0.1, -0.05) is 30.3 Å². The Morgan fingerprint density at radius 2 is 1.86 bits per heavy atom. The number of hydrogen-bond acceptors (Lipinski definition) is 3. The van der Waals surface area contributed by atoms with Gasteiger partial charge in [0, 0.05) is 24.3 Å². The zero-order chi connectivity index (χ0) is 20.4. The number of amides is 1. The van der Waals surface area contributed by atoms with Gasteiger partial charge < -0.3 is 20.9 Å². The van der Waals surface area contributed by atoms with Gasteiger partial charge in [-0.3, -0.25) is 4.79 Å². The highest BCUT2D eigenvalue weighted by atomic mass is 127. The van der Waals surface area contributed by atoms with Gasteiger partial charge in [-0.05, 0) is 44.8 Å². The van der Waals surface area contributed by atoms with Crippen molar-refractivity contribution in [2.75, 3.05) is 32.5 Å². The number of carbonyl (C=O) groups excluding carboxylic acids is 1. The summed E-state index contributed by atoms with van der Waals surface area (Å²) in [5, 5.41) is 9.17. The third-order valence-corrected chi connectivity index (χ3v) is 3.84. The normalized spacial score (nSPS) is 11.0. The maximum Gasteiger partial charge on any atom is 0.238 e. The fraction of sp³-hybridized carbons (Fsp3) is 0.333. The molecule has 0 aliphatic rings. The molecule has 158 valence electrons. The number of carbonyl (C=O) groups is 1. The van der Waals surface area contributed by atoms with Crippen molar-refractivity contribution in [1.29, 1.82) is 0 Å². The molecule has 0 saturated carbocycles. The third kappa shape index (κ3) is 9.23. The summed E-state index contributed by atoms with van der Waals surface area (Å²) in [5.41, 5.74) is 2.29. The second-order valence-electron chi connectivity index (χ2n) is 6.63. The van der Waals surface area contributed by atoms with Crippen molar-refractivity contribution in [3.8, 4) is 0 Å². The van der Waals surface area contributed by atoms with E-state index in [9.17, 15) is 9.18 Å². The highest BCUT2D eigenvalue weighted by molar-refractivity contribution is 14.0. The zero-order valence-corrected chi connectivity index (χ0v) is 19.4. The lowest BCUT2D eigenvalue weighted by Crippen LogP contribution is -2.37. The van der Waals surface area contributed by atoms with Gasteiger partial charge in [-0.15, -0.1) is 24.0 Å². The smallest absolute Gasteiger partial charge is 0.238 e. The molecule has 6 nitrogen and oxygen atoms in total. The van der Waals surface area contributed by atoms with E-state index in [1.54, 1.807) is 18.2 Å². The minimum atomic E-state index is -0.244. The average molecular weight is 513 g/mol. The molecule has 1 amide bonds. The van der Waals surface area contributed by atoms with Crippen LogP contribution >= 0.6 is 24.0 Å². The summed E-state index contributed by atoms with van der Waals surface area (Å²) in [6, 6.07) is 14.2. The van der Waals surface area contributed by atoms with E-state index in [1.165, 1.54) is 6.07 Å². The Bertz CT molecular complexity index is 813. The Balaban J connectivity index is 0.00000420. The number of rotatable bonds is 8. The maximum absolute atomic E-state index is 13.8. The van der Waals surface area contributed by atoms with Crippen molar-refractivity contribution in [3.05, 3.63) is 65.5 Å². The van der Waals surface area contributed by atoms with Gasteiger partial charge in [0.05, 0.1) is 13.1 Å². The third-order valence-electron chi connectivity index (χ3n) is 3.84. The van der Waals surface area contributed by atoms with Crippen LogP contribution in [-0.2, 0) is 17.9 Å². The first kappa shape index (κ1) is 24.8. The molecule has 0 aliphatic heterocycles. The molecule has 0 saturated heterocycles. The first-order valence-electron chi connectivity index (χ1n) is 9.27. The molecule has 0 heterocycles. The number of halogens is 2. The molecule has 0 bridgehead atoms. The zero-order valence-electron chi connectivity index (χ0n) is 17.0. The predicted octanol–water partition coefficient (Wildman–Crippen LogP) is 3.20. The SMILES string of the molecule is CCNC(=NCc1cccc(NC(=O)CN(C)C)c1)NCc1ccccc1F.I. The van der Waals surface area contributed by atoms with E-state index in [0.717, 1.165) is 11.3 Å². The van der Waals surface area contributed by atoms with Gasteiger partial charge in [0.2, 0.25) is 5.91 Å². The monoisotopic (exact) mass is 513 g/mol. The number of hydrogen-bond donors (Lipinski definition) is 3. The van der Waals surface area contributed by atoms with Gasteiger partial charge >= 0.3 is 0 Å². The second-order valence-corrected chi connectivity index (χ2v) is 6.63. The standard InChI is InChI=1S/C21H28FN5O.HI/c1-4-23-21(25-14-17-9-5-6-11-19(17)22)24-13-16-8-7-10-18(12-16)26-20(28)15-27(2)3;/h5-12H,4,13-15H2,1-3H3,(H,26,28)(H2,23,24,25);1H. The van der Waals surface area contributed by atoms with Crippen molar-refractivity contribution >= 4 is 41.5 Å². The van der Waals surface area contributed by atoms with E-state index in [4.69, 9.17) is 0 Å². The molecular weight excluding hydrogens is 484 g/mol. The molecule has 2 rings (SSSR count). The van der Waals surface area contributed by atoms with Crippen LogP contribution < -0.4 is 16.0 Å². The van der Waals surface area contributed by atoms with Crippen LogP contribution in [0.3, 0.4) is 0 Å². The lowest BCUT2D eigenvalue weighted by molar-refractivity contribution is -0.116. The summed E-state index contributed by atoms with van der Waals surface area (Å²) in [6.45, 7) is 3.78. The summed E-state index contributed by atoms with van der Waals surface area (Å²) in [4.78, 5) is 18.3. The van der Waals surface area contributed by atoms with Gasteiger partial charge in [-0.25, -0.2) is 9.38 Å². The van der Waals surface area contributed by atoms with Crippen LogP contribution in [0, 0.1) is 5.82 Å². The number of anilines is 1. The topological polar surface area (TPSA) is 68.8 Å². The van der Waals surface area contributed by atoms with Crippen LogP contribution in [0.1, 0.15) is 18.1 Å². The van der Waals surface area contributed by atoms with E-state index in [2.05, 4.69) is 20.9 Å². The second kappa shape index (κ2) is 13.1. The number of nitrogens with one attached hydrogen (secondary N) is 3. The number of aliphatic imine (C=N–C) groups is 1. The minimum absolute atomic E-state index is 0. The molecule has 0 fully saturated rings. The minimum Gasteiger partial charge on any atom is -0.357 e. The van der Waals surface area contributed by atoms with Crippen LogP contribution in [0.5, 0.6) is 0 Å². The number of nitrogens with zero attached hydrogens (tertiary/aromatic N) is 2. The van der Waals surface area contributed by atoms with Crippen LogP contribution in [0.25, 0.3) is 0 Å². The van der Waals surface area contributed by atoms with E-state index in [0.29, 0.717) is 37.7 Å². The van der Waals surface area contributed by atoms with E-state index >= 15 is 0 Å². The molecule has 2 aromatic carbocycles. The fourth-order valence-corrected chi connectivity index (χ4v) is 2.57. The molecule has 3 N–H and O–H groups in total. The van der Waals surface area contributed by atoms with Crippen LogP contribution in [0.2, 0.25) is 0 Å². The Kier molecular flexibility index (Phi) is 11.2. The molecular formula is C21H29FIN5O. The molecule has 0 radical (unpaired) electrons. The molecule has 0 spiro atoms. The molecule has 0 aliphatic carbocycles. The van der Waals surface area contributed by atoms with Gasteiger partial charge in [0.15, 0.2) is 5.96 Å². The van der Waals surface area contributed by atoms with Crippen molar-refractivity contribution < 1.29 is 9.18 Å². The van der Waals surface area contributed by atoms with Crippen molar-refractivity contribution in [2.24, 2.45) is 4.99 Å². The molecule has 0 atom stereocenters. The number of benzene rings is 2. The van der Waals surface area contributed by atoms with Crippen LogP contribution in [0.15, 0.2) is 53.5 Å². The summed E-state index contributed by atoms with van der Waals surface area (Å²) in [7, 11) is 3.70. The van der Waals surface area contributed by atoms with Gasteiger partial charge in [0.25, 0.3) is 0 Å². The first-order valence-corrected chi connectivity index (χ1v) is 9.27. The summed E-state index contributed by atoms with van der Waals surface area (Å²) < 4.78 is 13.8. The summed E-state index contributed by atoms with van der Waals surface area (Å²) in [5.74, 6) is 0.297. The van der Waals surface area contributed by atoms with Crippen molar-refractivity contribution in [3.63, 3.8) is 0 Å². The van der Waals surface area contributed by atoms with Crippen molar-refractivity contribution in [1.82, 2.24) is 15.5 Å². The van der Waals surface area contributed by atoms with E-state index in [1.807, 2.05) is 50.2 Å². The molecule has 29 heavy (non-hydrogen) atoms. The average Bonchev–Trinajstić information content (AvgIpc) is 2.64. The van der Waals surface area contributed by atoms with Crippen LogP contribution in [-0.4, -0.2) is 44.0 Å².